The Morgan fingerprint density at radius 2 is 1.80 bits per heavy atom. The van der Waals surface area contributed by atoms with Gasteiger partial charge >= 0.3 is 6.18 Å². The maximum atomic E-state index is 12.9. The number of hydrogen-bond donors (Lipinski definition) is 0. The Kier molecular flexibility index (Phi) is 4.13. The molecule has 0 radical (unpaired) electrons. The van der Waals surface area contributed by atoms with Gasteiger partial charge in [0.15, 0.2) is 5.69 Å². The van der Waals surface area contributed by atoms with Crippen molar-refractivity contribution in [2.45, 2.75) is 26.1 Å². The van der Waals surface area contributed by atoms with E-state index in [-0.39, 0.29) is 17.4 Å². The predicted molar refractivity (Wildman–Crippen MR) is 86.1 cm³/mol. The molecule has 0 aliphatic heterocycles. The molecule has 0 aliphatic rings. The Morgan fingerprint density at radius 3 is 2.36 bits per heavy atom. The van der Waals surface area contributed by atoms with Crippen molar-refractivity contribution in [3.8, 4) is 23.1 Å². The zero-order chi connectivity index (χ0) is 18.2. The molecule has 25 heavy (non-hydrogen) atoms. The first-order valence-electron chi connectivity index (χ1n) is 7.56. The number of alkyl halides is 3. The summed E-state index contributed by atoms with van der Waals surface area (Å²) >= 11 is 0. The Bertz CT molecular complexity index is 951. The van der Waals surface area contributed by atoms with Crippen LogP contribution in [-0.2, 0) is 6.18 Å². The minimum Gasteiger partial charge on any atom is -0.491 e. The summed E-state index contributed by atoms with van der Waals surface area (Å²) in [6, 6.07) is 11.1. The molecular formula is C18H14F3N3O. The molecule has 7 heteroatoms. The average Bonchev–Trinajstić information content (AvgIpc) is 2.91. The number of benzene rings is 1. The van der Waals surface area contributed by atoms with Crippen LogP contribution in [-0.4, -0.2) is 15.5 Å². The maximum Gasteiger partial charge on any atom is 0.417 e. The van der Waals surface area contributed by atoms with Crippen molar-refractivity contribution >= 4 is 5.65 Å². The van der Waals surface area contributed by atoms with Crippen molar-refractivity contribution in [3.05, 3.63) is 53.9 Å². The van der Waals surface area contributed by atoms with Crippen molar-refractivity contribution < 1.29 is 17.9 Å². The number of nitrogens with zero attached hydrogens (tertiary/aromatic N) is 3. The molecule has 0 atom stereocenters. The van der Waals surface area contributed by atoms with Crippen LogP contribution in [0.15, 0.2) is 42.6 Å². The highest BCUT2D eigenvalue weighted by molar-refractivity contribution is 5.70. The molecule has 1 aromatic carbocycles. The van der Waals surface area contributed by atoms with Crippen LogP contribution in [0.3, 0.4) is 0 Å². The van der Waals surface area contributed by atoms with E-state index in [1.54, 1.807) is 24.3 Å². The molecule has 0 saturated heterocycles. The molecule has 0 N–H and O–H groups in total. The molecule has 0 amide bonds. The maximum absolute atomic E-state index is 12.9. The SMILES string of the molecule is CC(C)Oc1ccc(-c2nc3ccc(C(F)(F)F)cn3c2C#N)cc1. The lowest BCUT2D eigenvalue weighted by atomic mass is 10.1. The minimum absolute atomic E-state index is 0.0245. The van der Waals surface area contributed by atoms with Gasteiger partial charge in [0.05, 0.1) is 11.7 Å². The Labute approximate surface area is 142 Å². The van der Waals surface area contributed by atoms with Crippen LogP contribution in [0.5, 0.6) is 5.75 Å². The number of ether oxygens (including phenoxy) is 1. The quantitative estimate of drug-likeness (QED) is 0.692. The van der Waals surface area contributed by atoms with Gasteiger partial charge in [0.1, 0.15) is 23.2 Å². The summed E-state index contributed by atoms with van der Waals surface area (Å²) in [5, 5.41) is 9.42. The molecule has 2 heterocycles. The van der Waals surface area contributed by atoms with Gasteiger partial charge in [0.2, 0.25) is 0 Å². The van der Waals surface area contributed by atoms with Crippen LogP contribution in [0.4, 0.5) is 13.2 Å². The molecule has 0 bridgehead atoms. The smallest absolute Gasteiger partial charge is 0.417 e. The molecule has 0 spiro atoms. The summed E-state index contributed by atoms with van der Waals surface area (Å²) in [6.07, 6.45) is -3.57. The number of pyridine rings is 1. The molecule has 0 aliphatic carbocycles. The summed E-state index contributed by atoms with van der Waals surface area (Å²) in [4.78, 5) is 4.30. The first-order chi connectivity index (χ1) is 11.8. The molecule has 3 aromatic rings. The monoisotopic (exact) mass is 345 g/mol. The van der Waals surface area contributed by atoms with Crippen LogP contribution in [0.2, 0.25) is 0 Å². The summed E-state index contributed by atoms with van der Waals surface area (Å²) in [7, 11) is 0. The van der Waals surface area contributed by atoms with Crippen LogP contribution >= 0.6 is 0 Å². The molecule has 2 aromatic heterocycles. The van der Waals surface area contributed by atoms with E-state index in [4.69, 9.17) is 4.74 Å². The van der Waals surface area contributed by atoms with Crippen LogP contribution < -0.4 is 4.74 Å². The lowest BCUT2D eigenvalue weighted by Crippen LogP contribution is -2.06. The van der Waals surface area contributed by atoms with Crippen LogP contribution in [0, 0.1) is 11.3 Å². The topological polar surface area (TPSA) is 50.3 Å². The normalized spacial score (nSPS) is 11.7. The van der Waals surface area contributed by atoms with Crippen LogP contribution in [0.1, 0.15) is 25.1 Å². The van der Waals surface area contributed by atoms with Crippen molar-refractivity contribution in [2.75, 3.05) is 0 Å². The van der Waals surface area contributed by atoms with E-state index in [1.807, 2.05) is 19.9 Å². The Balaban J connectivity index is 2.09. The van der Waals surface area contributed by atoms with Gasteiger partial charge < -0.3 is 4.74 Å². The zero-order valence-electron chi connectivity index (χ0n) is 13.5. The standard InChI is InChI=1S/C18H14F3N3O/c1-11(2)25-14-6-3-12(4-7-14)17-15(9-22)24-10-13(18(19,20)21)5-8-16(24)23-17/h3-8,10-11H,1-2H3. The summed E-state index contributed by atoms with van der Waals surface area (Å²) in [6.45, 7) is 3.81. The molecule has 4 nitrogen and oxygen atoms in total. The third-order valence-corrected chi connectivity index (χ3v) is 3.55. The third-order valence-electron chi connectivity index (χ3n) is 3.55. The number of fused-ring (bicyclic) bond motifs is 1. The fourth-order valence-electron chi connectivity index (χ4n) is 2.48. The van der Waals surface area contributed by atoms with Crippen molar-refractivity contribution in [2.24, 2.45) is 0 Å². The lowest BCUT2D eigenvalue weighted by molar-refractivity contribution is -0.137. The van der Waals surface area contributed by atoms with Gasteiger partial charge in [-0.1, -0.05) is 0 Å². The van der Waals surface area contributed by atoms with Gasteiger partial charge in [-0.15, -0.1) is 0 Å². The molecule has 3 rings (SSSR count). The van der Waals surface area contributed by atoms with Gasteiger partial charge in [0, 0.05) is 11.8 Å². The third kappa shape index (κ3) is 3.29. The first kappa shape index (κ1) is 16.8. The van der Waals surface area contributed by atoms with E-state index in [2.05, 4.69) is 4.98 Å². The van der Waals surface area contributed by atoms with Crippen molar-refractivity contribution in [3.63, 3.8) is 0 Å². The second kappa shape index (κ2) is 6.13. The van der Waals surface area contributed by atoms with Gasteiger partial charge in [-0.25, -0.2) is 4.98 Å². The highest BCUT2D eigenvalue weighted by atomic mass is 19.4. The fraction of sp³-hybridized carbons (Fsp3) is 0.222. The van der Waals surface area contributed by atoms with Gasteiger partial charge in [-0.05, 0) is 50.2 Å². The second-order valence-electron chi connectivity index (χ2n) is 5.76. The van der Waals surface area contributed by atoms with E-state index in [9.17, 15) is 18.4 Å². The Hall–Kier alpha value is -3.01. The second-order valence-corrected chi connectivity index (χ2v) is 5.76. The highest BCUT2D eigenvalue weighted by Gasteiger charge is 2.31. The summed E-state index contributed by atoms with van der Waals surface area (Å²) < 4.78 is 45.4. The van der Waals surface area contributed by atoms with Gasteiger partial charge in [-0.3, -0.25) is 4.40 Å². The van der Waals surface area contributed by atoms with E-state index in [1.165, 1.54) is 6.07 Å². The molecule has 128 valence electrons. The van der Waals surface area contributed by atoms with E-state index in [0.717, 1.165) is 16.7 Å². The number of aromatic nitrogens is 2. The minimum atomic E-state index is -4.48. The predicted octanol–water partition coefficient (Wildman–Crippen LogP) is 4.68. The first-order valence-corrected chi connectivity index (χ1v) is 7.56. The van der Waals surface area contributed by atoms with Gasteiger partial charge in [0.25, 0.3) is 0 Å². The van der Waals surface area contributed by atoms with Gasteiger partial charge in [-0.2, -0.15) is 18.4 Å². The fourth-order valence-corrected chi connectivity index (χ4v) is 2.48. The van der Waals surface area contributed by atoms with Crippen molar-refractivity contribution in [1.29, 1.82) is 5.26 Å². The Morgan fingerprint density at radius 1 is 1.12 bits per heavy atom. The summed E-state index contributed by atoms with van der Waals surface area (Å²) in [5.74, 6) is 0.667. The van der Waals surface area contributed by atoms with E-state index < -0.39 is 11.7 Å². The van der Waals surface area contributed by atoms with E-state index in [0.29, 0.717) is 17.0 Å². The number of halogens is 3. The number of imidazole rings is 1. The summed E-state index contributed by atoms with van der Waals surface area (Å²) in [5.41, 5.74) is 0.463. The number of rotatable bonds is 3. The average molecular weight is 345 g/mol. The highest BCUT2D eigenvalue weighted by Crippen LogP contribution is 2.31. The lowest BCUT2D eigenvalue weighted by Gasteiger charge is -2.09. The molecule has 0 fully saturated rings. The molecule has 0 unspecified atom stereocenters. The van der Waals surface area contributed by atoms with Crippen molar-refractivity contribution in [1.82, 2.24) is 9.38 Å². The molecular weight excluding hydrogens is 331 g/mol. The molecule has 0 saturated carbocycles. The largest absolute Gasteiger partial charge is 0.491 e. The van der Waals surface area contributed by atoms with Crippen LogP contribution in [0.25, 0.3) is 16.9 Å². The number of hydrogen-bond acceptors (Lipinski definition) is 3. The number of nitriles is 1. The zero-order valence-corrected chi connectivity index (χ0v) is 13.5. The van der Waals surface area contributed by atoms with E-state index >= 15 is 0 Å².